The second-order valence-electron chi connectivity index (χ2n) is 4.46. The second-order valence-corrected chi connectivity index (χ2v) is 4.46. The first-order chi connectivity index (χ1) is 9.16. The summed E-state index contributed by atoms with van der Waals surface area (Å²) in [5.41, 5.74) is 0.564. The van der Waals surface area contributed by atoms with Gasteiger partial charge in [0, 0.05) is 5.56 Å². The largest absolute Gasteiger partial charge is 0.454 e. The first-order valence-corrected chi connectivity index (χ1v) is 6.29. The lowest BCUT2D eigenvalue weighted by molar-refractivity contribution is 0.0208. The van der Waals surface area contributed by atoms with E-state index in [0.29, 0.717) is 30.3 Å². The van der Waals surface area contributed by atoms with Crippen molar-refractivity contribution in [3.63, 3.8) is 0 Å². The predicted octanol–water partition coefficient (Wildman–Crippen LogP) is 2.04. The van der Waals surface area contributed by atoms with Crippen molar-refractivity contribution < 1.29 is 23.7 Å². The van der Waals surface area contributed by atoms with E-state index in [4.69, 9.17) is 18.9 Å². The Kier molecular flexibility index (Phi) is 4.76. The van der Waals surface area contributed by atoms with E-state index in [2.05, 4.69) is 0 Å². The summed E-state index contributed by atoms with van der Waals surface area (Å²) >= 11 is 0. The molecule has 1 aliphatic heterocycles. The average molecular weight is 266 g/mol. The molecule has 0 unspecified atom stereocenters. The summed E-state index contributed by atoms with van der Waals surface area (Å²) in [6.07, 6.45) is 0.174. The first kappa shape index (κ1) is 13.8. The third-order valence-electron chi connectivity index (χ3n) is 2.61. The van der Waals surface area contributed by atoms with Crippen LogP contribution in [-0.4, -0.2) is 38.5 Å². The van der Waals surface area contributed by atoms with Gasteiger partial charge in [0.05, 0.1) is 19.3 Å². The van der Waals surface area contributed by atoms with Gasteiger partial charge in [-0.15, -0.1) is 0 Å². The van der Waals surface area contributed by atoms with Crippen molar-refractivity contribution in [2.75, 3.05) is 26.6 Å². The molecule has 104 valence electrons. The maximum Gasteiger partial charge on any atom is 0.231 e. The SMILES string of the molecule is CC(C)OCCOCC(=O)c1ccc2c(c1)OCO2. The molecule has 0 aromatic heterocycles. The lowest BCUT2D eigenvalue weighted by Gasteiger charge is -2.08. The molecule has 0 amide bonds. The van der Waals surface area contributed by atoms with Crippen molar-refractivity contribution in [3.8, 4) is 11.5 Å². The topological polar surface area (TPSA) is 54.0 Å². The van der Waals surface area contributed by atoms with Crippen molar-refractivity contribution in [2.45, 2.75) is 20.0 Å². The molecule has 1 aromatic rings. The highest BCUT2D eigenvalue weighted by Gasteiger charge is 2.16. The highest BCUT2D eigenvalue weighted by atomic mass is 16.7. The Labute approximate surface area is 112 Å². The third-order valence-corrected chi connectivity index (χ3v) is 2.61. The van der Waals surface area contributed by atoms with E-state index in [0.717, 1.165) is 0 Å². The minimum Gasteiger partial charge on any atom is -0.454 e. The van der Waals surface area contributed by atoms with Crippen molar-refractivity contribution in [1.29, 1.82) is 0 Å². The molecule has 0 spiro atoms. The number of carbonyl (C=O) groups is 1. The number of fused-ring (bicyclic) bond motifs is 1. The Morgan fingerprint density at radius 1 is 1.26 bits per heavy atom. The van der Waals surface area contributed by atoms with E-state index in [-0.39, 0.29) is 25.3 Å². The van der Waals surface area contributed by atoms with Crippen LogP contribution < -0.4 is 9.47 Å². The number of ketones is 1. The molecule has 0 aliphatic carbocycles. The highest BCUT2D eigenvalue weighted by Crippen LogP contribution is 2.32. The number of hydrogen-bond acceptors (Lipinski definition) is 5. The zero-order valence-corrected chi connectivity index (χ0v) is 11.2. The third kappa shape index (κ3) is 3.94. The molecule has 5 heteroatoms. The maximum absolute atomic E-state index is 11.9. The summed E-state index contributed by atoms with van der Waals surface area (Å²) in [5.74, 6) is 1.19. The fourth-order valence-corrected chi connectivity index (χ4v) is 1.66. The van der Waals surface area contributed by atoms with E-state index < -0.39 is 0 Å². The Morgan fingerprint density at radius 2 is 2.05 bits per heavy atom. The predicted molar refractivity (Wildman–Crippen MR) is 68.8 cm³/mol. The number of Topliss-reactive ketones (excluding diaryl/α,β-unsaturated/α-hetero) is 1. The summed E-state index contributed by atoms with van der Waals surface area (Å²) in [7, 11) is 0. The molecule has 0 saturated carbocycles. The first-order valence-electron chi connectivity index (χ1n) is 6.29. The number of ether oxygens (including phenoxy) is 4. The molecule has 19 heavy (non-hydrogen) atoms. The van der Waals surface area contributed by atoms with E-state index >= 15 is 0 Å². The number of benzene rings is 1. The lowest BCUT2D eigenvalue weighted by atomic mass is 10.1. The molecule has 1 aliphatic rings. The van der Waals surface area contributed by atoms with E-state index in [9.17, 15) is 4.79 Å². The standard InChI is InChI=1S/C14H18O5/c1-10(2)17-6-5-16-8-12(15)11-3-4-13-14(7-11)19-9-18-13/h3-4,7,10H,5-6,8-9H2,1-2H3. The zero-order valence-electron chi connectivity index (χ0n) is 11.2. The zero-order chi connectivity index (χ0) is 13.7. The van der Waals surface area contributed by atoms with Crippen LogP contribution in [0, 0.1) is 0 Å². The Bertz CT molecular complexity index is 441. The smallest absolute Gasteiger partial charge is 0.231 e. The molecule has 0 N–H and O–H groups in total. The van der Waals surface area contributed by atoms with Crippen molar-refractivity contribution in [2.24, 2.45) is 0 Å². The number of rotatable bonds is 7. The van der Waals surface area contributed by atoms with Gasteiger partial charge in [-0.05, 0) is 32.0 Å². The Morgan fingerprint density at radius 3 is 2.84 bits per heavy atom. The van der Waals surface area contributed by atoms with E-state index in [1.807, 2.05) is 13.8 Å². The molecule has 0 saturated heterocycles. The summed E-state index contributed by atoms with van der Waals surface area (Å²) < 4.78 is 21.0. The van der Waals surface area contributed by atoms with Crippen LogP contribution in [0.3, 0.4) is 0 Å². The molecule has 0 fully saturated rings. The van der Waals surface area contributed by atoms with Gasteiger partial charge in [-0.3, -0.25) is 4.79 Å². The second kappa shape index (κ2) is 6.54. The van der Waals surface area contributed by atoms with Gasteiger partial charge in [0.1, 0.15) is 6.61 Å². The summed E-state index contributed by atoms with van der Waals surface area (Å²) in [6.45, 7) is 5.06. The Hall–Kier alpha value is -1.59. The molecule has 0 bridgehead atoms. The van der Waals surface area contributed by atoms with Gasteiger partial charge >= 0.3 is 0 Å². The van der Waals surface area contributed by atoms with Crippen LogP contribution in [0.1, 0.15) is 24.2 Å². The quantitative estimate of drug-likeness (QED) is 0.558. The Balaban J connectivity index is 1.77. The van der Waals surface area contributed by atoms with Crippen LogP contribution in [-0.2, 0) is 9.47 Å². The van der Waals surface area contributed by atoms with Gasteiger partial charge in [0.2, 0.25) is 6.79 Å². The number of hydrogen-bond donors (Lipinski definition) is 0. The van der Waals surface area contributed by atoms with Gasteiger partial charge in [-0.25, -0.2) is 0 Å². The molecule has 5 nitrogen and oxygen atoms in total. The van der Waals surface area contributed by atoms with Crippen LogP contribution in [0.4, 0.5) is 0 Å². The van der Waals surface area contributed by atoms with Crippen LogP contribution >= 0.6 is 0 Å². The summed E-state index contributed by atoms with van der Waals surface area (Å²) in [5, 5.41) is 0. The van der Waals surface area contributed by atoms with Gasteiger partial charge in [-0.2, -0.15) is 0 Å². The van der Waals surface area contributed by atoms with Crippen LogP contribution in [0.2, 0.25) is 0 Å². The summed E-state index contributed by atoms with van der Waals surface area (Å²) in [4.78, 5) is 11.9. The highest BCUT2D eigenvalue weighted by molar-refractivity contribution is 5.97. The van der Waals surface area contributed by atoms with Crippen molar-refractivity contribution in [1.82, 2.24) is 0 Å². The van der Waals surface area contributed by atoms with Gasteiger partial charge < -0.3 is 18.9 Å². The fraction of sp³-hybridized carbons (Fsp3) is 0.500. The molecular formula is C14H18O5. The molecule has 0 radical (unpaired) electrons. The van der Waals surface area contributed by atoms with Gasteiger partial charge in [-0.1, -0.05) is 0 Å². The lowest BCUT2D eigenvalue weighted by Crippen LogP contribution is -2.14. The maximum atomic E-state index is 11.9. The fourth-order valence-electron chi connectivity index (χ4n) is 1.66. The molecular weight excluding hydrogens is 248 g/mol. The molecule has 1 aromatic carbocycles. The van der Waals surface area contributed by atoms with E-state index in [1.165, 1.54) is 0 Å². The summed E-state index contributed by atoms with van der Waals surface area (Å²) in [6, 6.07) is 5.12. The number of carbonyl (C=O) groups excluding carboxylic acids is 1. The van der Waals surface area contributed by atoms with Crippen LogP contribution in [0.25, 0.3) is 0 Å². The molecule has 2 rings (SSSR count). The van der Waals surface area contributed by atoms with Crippen LogP contribution in [0.5, 0.6) is 11.5 Å². The van der Waals surface area contributed by atoms with Gasteiger partial charge in [0.15, 0.2) is 17.3 Å². The van der Waals surface area contributed by atoms with Crippen molar-refractivity contribution >= 4 is 5.78 Å². The average Bonchev–Trinajstić information content (AvgIpc) is 2.84. The molecule has 1 heterocycles. The van der Waals surface area contributed by atoms with E-state index in [1.54, 1.807) is 18.2 Å². The van der Waals surface area contributed by atoms with Crippen molar-refractivity contribution in [3.05, 3.63) is 23.8 Å². The molecule has 0 atom stereocenters. The normalized spacial score (nSPS) is 13.0. The van der Waals surface area contributed by atoms with Gasteiger partial charge in [0.25, 0.3) is 0 Å². The van der Waals surface area contributed by atoms with Crippen LogP contribution in [0.15, 0.2) is 18.2 Å². The minimum atomic E-state index is -0.0807. The minimum absolute atomic E-state index is 0.0428. The monoisotopic (exact) mass is 266 g/mol.